The molecule has 1 fully saturated rings. The van der Waals surface area contributed by atoms with E-state index in [2.05, 4.69) is 29.0 Å². The summed E-state index contributed by atoms with van der Waals surface area (Å²) in [5.74, 6) is -0.101. The summed E-state index contributed by atoms with van der Waals surface area (Å²) in [5.41, 5.74) is 5.33. The lowest BCUT2D eigenvalue weighted by atomic mass is 9.86. The zero-order chi connectivity index (χ0) is 16.2. The van der Waals surface area contributed by atoms with Crippen LogP contribution in [0.1, 0.15) is 36.5 Å². The number of aryl methyl sites for hydroxylation is 1. The molecule has 1 heterocycles. The van der Waals surface area contributed by atoms with E-state index in [-0.39, 0.29) is 5.97 Å². The quantitative estimate of drug-likeness (QED) is 0.799. The molecule has 1 saturated heterocycles. The molecule has 0 unspecified atom stereocenters. The van der Waals surface area contributed by atoms with Crippen molar-refractivity contribution in [2.24, 2.45) is 0 Å². The molecular weight excluding hydrogens is 288 g/mol. The lowest BCUT2D eigenvalue weighted by Crippen LogP contribution is -2.44. The van der Waals surface area contributed by atoms with E-state index in [4.69, 9.17) is 4.74 Å². The van der Waals surface area contributed by atoms with E-state index in [1.165, 1.54) is 35.2 Å². The van der Waals surface area contributed by atoms with Crippen molar-refractivity contribution in [3.05, 3.63) is 28.8 Å². The summed E-state index contributed by atoms with van der Waals surface area (Å²) in [6.45, 7) is 6.66. The third kappa shape index (κ3) is 3.86. The Labute approximate surface area is 139 Å². The predicted molar refractivity (Wildman–Crippen MR) is 93.1 cm³/mol. The van der Waals surface area contributed by atoms with Gasteiger partial charge in [0.15, 0.2) is 0 Å². The van der Waals surface area contributed by atoms with E-state index in [1.54, 1.807) is 0 Å². The Bertz CT molecular complexity index is 563. The van der Waals surface area contributed by atoms with Gasteiger partial charge in [-0.2, -0.15) is 0 Å². The second-order valence-corrected chi connectivity index (χ2v) is 6.72. The molecule has 1 aliphatic heterocycles. The van der Waals surface area contributed by atoms with Crippen molar-refractivity contribution in [2.45, 2.75) is 39.0 Å². The van der Waals surface area contributed by atoms with Crippen LogP contribution < -0.4 is 4.90 Å². The monoisotopic (exact) mass is 316 g/mol. The summed E-state index contributed by atoms with van der Waals surface area (Å²) in [7, 11) is 2.18. The highest BCUT2D eigenvalue weighted by atomic mass is 16.5. The van der Waals surface area contributed by atoms with Crippen LogP contribution in [0.3, 0.4) is 0 Å². The lowest BCUT2D eigenvalue weighted by molar-refractivity contribution is -0.142. The molecule has 1 aliphatic carbocycles. The summed E-state index contributed by atoms with van der Waals surface area (Å²) >= 11 is 0. The summed E-state index contributed by atoms with van der Waals surface area (Å²) in [6.07, 6.45) is 5.16. The van der Waals surface area contributed by atoms with Crippen LogP contribution in [-0.2, 0) is 28.8 Å². The van der Waals surface area contributed by atoms with Crippen LogP contribution in [0.2, 0.25) is 0 Å². The van der Waals surface area contributed by atoms with Crippen molar-refractivity contribution < 1.29 is 9.53 Å². The number of hydrogen-bond acceptors (Lipinski definition) is 4. The van der Waals surface area contributed by atoms with Gasteiger partial charge >= 0.3 is 5.97 Å². The maximum atomic E-state index is 12.0. The third-order valence-electron chi connectivity index (χ3n) is 5.05. The first-order chi connectivity index (χ1) is 11.2. The van der Waals surface area contributed by atoms with Gasteiger partial charge in [0.1, 0.15) is 0 Å². The molecule has 0 spiro atoms. The van der Waals surface area contributed by atoms with Crippen LogP contribution in [0.15, 0.2) is 12.1 Å². The second kappa shape index (κ2) is 7.35. The first kappa shape index (κ1) is 16.3. The van der Waals surface area contributed by atoms with Gasteiger partial charge in [0, 0.05) is 31.9 Å². The third-order valence-corrected chi connectivity index (χ3v) is 5.05. The summed E-state index contributed by atoms with van der Waals surface area (Å²) in [5, 5.41) is 0. The summed E-state index contributed by atoms with van der Waals surface area (Å²) < 4.78 is 5.18. The maximum Gasteiger partial charge on any atom is 0.310 e. The molecule has 23 heavy (non-hydrogen) atoms. The van der Waals surface area contributed by atoms with Crippen molar-refractivity contribution in [1.82, 2.24) is 4.90 Å². The number of benzene rings is 1. The SMILES string of the molecule is CCOC(=O)Cc1cc(N2CCN(C)CC2)cc2c1CCCC2. The maximum absolute atomic E-state index is 12.0. The van der Waals surface area contributed by atoms with Crippen LogP contribution in [0.25, 0.3) is 0 Å². The van der Waals surface area contributed by atoms with Crippen molar-refractivity contribution in [3.8, 4) is 0 Å². The van der Waals surface area contributed by atoms with Crippen molar-refractivity contribution in [3.63, 3.8) is 0 Å². The van der Waals surface area contributed by atoms with Crippen molar-refractivity contribution in [1.29, 1.82) is 0 Å². The Balaban J connectivity index is 1.87. The standard InChI is InChI=1S/C19H28N2O2/c1-3-23-19(22)14-16-13-17(21-10-8-20(2)9-11-21)12-15-6-4-5-7-18(15)16/h12-13H,3-11,14H2,1-2H3. The minimum atomic E-state index is -0.101. The smallest absolute Gasteiger partial charge is 0.310 e. The van der Waals surface area contributed by atoms with E-state index in [1.807, 2.05) is 6.92 Å². The molecule has 0 N–H and O–H groups in total. The molecule has 1 aromatic carbocycles. The van der Waals surface area contributed by atoms with E-state index >= 15 is 0 Å². The summed E-state index contributed by atoms with van der Waals surface area (Å²) in [6, 6.07) is 4.61. The van der Waals surface area contributed by atoms with Gasteiger partial charge in [-0.1, -0.05) is 0 Å². The van der Waals surface area contributed by atoms with E-state index < -0.39 is 0 Å². The Hall–Kier alpha value is -1.55. The molecule has 0 bridgehead atoms. The number of nitrogens with zero attached hydrogens (tertiary/aromatic N) is 2. The number of piperazine rings is 1. The minimum Gasteiger partial charge on any atom is -0.466 e. The average Bonchev–Trinajstić information content (AvgIpc) is 2.55. The predicted octanol–water partition coefficient (Wildman–Crippen LogP) is 2.42. The molecule has 2 aliphatic rings. The van der Waals surface area contributed by atoms with Gasteiger partial charge in [0.25, 0.3) is 0 Å². The number of fused-ring (bicyclic) bond motifs is 1. The number of rotatable bonds is 4. The first-order valence-corrected chi connectivity index (χ1v) is 8.91. The molecule has 0 atom stereocenters. The van der Waals surface area contributed by atoms with Gasteiger partial charge in [-0.15, -0.1) is 0 Å². The Morgan fingerprint density at radius 1 is 1.13 bits per heavy atom. The molecule has 1 aromatic rings. The first-order valence-electron chi connectivity index (χ1n) is 8.91. The fourth-order valence-corrected chi connectivity index (χ4v) is 3.71. The number of anilines is 1. The lowest BCUT2D eigenvalue weighted by Gasteiger charge is -2.35. The van der Waals surface area contributed by atoms with Crippen LogP contribution >= 0.6 is 0 Å². The highest BCUT2D eigenvalue weighted by Crippen LogP contribution is 2.31. The number of ether oxygens (including phenoxy) is 1. The number of esters is 1. The van der Waals surface area contributed by atoms with Gasteiger partial charge < -0.3 is 14.5 Å². The van der Waals surface area contributed by atoms with Gasteiger partial charge in [0.2, 0.25) is 0 Å². The zero-order valence-corrected chi connectivity index (χ0v) is 14.4. The Morgan fingerprint density at radius 2 is 1.87 bits per heavy atom. The van der Waals surface area contributed by atoms with Crippen molar-refractivity contribution in [2.75, 3.05) is 44.7 Å². The van der Waals surface area contributed by atoms with Gasteiger partial charge in [0.05, 0.1) is 13.0 Å². The fourth-order valence-electron chi connectivity index (χ4n) is 3.71. The molecule has 126 valence electrons. The van der Waals surface area contributed by atoms with Crippen LogP contribution in [0.4, 0.5) is 5.69 Å². The van der Waals surface area contributed by atoms with Crippen molar-refractivity contribution >= 4 is 11.7 Å². The largest absolute Gasteiger partial charge is 0.466 e. The zero-order valence-electron chi connectivity index (χ0n) is 14.4. The van der Waals surface area contributed by atoms with Crippen LogP contribution in [-0.4, -0.2) is 50.7 Å². The van der Waals surface area contributed by atoms with E-state index in [0.29, 0.717) is 13.0 Å². The molecular formula is C19H28N2O2. The molecule has 4 nitrogen and oxygen atoms in total. The Kier molecular flexibility index (Phi) is 5.21. The Morgan fingerprint density at radius 3 is 2.61 bits per heavy atom. The van der Waals surface area contributed by atoms with Gasteiger partial charge in [-0.25, -0.2) is 0 Å². The molecule has 0 saturated carbocycles. The highest BCUT2D eigenvalue weighted by Gasteiger charge is 2.21. The van der Waals surface area contributed by atoms with E-state index in [0.717, 1.165) is 39.0 Å². The molecule has 0 aromatic heterocycles. The van der Waals surface area contributed by atoms with Crippen LogP contribution in [0.5, 0.6) is 0 Å². The number of carbonyl (C=O) groups excluding carboxylic acids is 1. The molecule has 0 amide bonds. The molecule has 4 heteroatoms. The van der Waals surface area contributed by atoms with Gasteiger partial charge in [-0.3, -0.25) is 4.79 Å². The minimum absolute atomic E-state index is 0.101. The normalized spacial score (nSPS) is 18.6. The molecule has 3 rings (SSSR count). The fraction of sp³-hybridized carbons (Fsp3) is 0.632. The summed E-state index contributed by atoms with van der Waals surface area (Å²) in [4.78, 5) is 16.8. The number of hydrogen-bond donors (Lipinski definition) is 0. The van der Waals surface area contributed by atoms with Crippen LogP contribution in [0, 0.1) is 0 Å². The second-order valence-electron chi connectivity index (χ2n) is 6.72. The average molecular weight is 316 g/mol. The van der Waals surface area contributed by atoms with Gasteiger partial charge in [-0.05, 0) is 68.5 Å². The number of carbonyl (C=O) groups is 1. The topological polar surface area (TPSA) is 32.8 Å². The highest BCUT2D eigenvalue weighted by molar-refractivity contribution is 5.74. The molecule has 0 radical (unpaired) electrons. The van der Waals surface area contributed by atoms with E-state index in [9.17, 15) is 4.79 Å². The number of likely N-dealkylation sites (N-methyl/N-ethyl adjacent to an activating group) is 1.